The number of hydrogen-bond donors (Lipinski definition) is 1. The molecule has 3 rings (SSSR count). The zero-order valence-corrected chi connectivity index (χ0v) is 13.4. The van der Waals surface area contributed by atoms with Crippen LogP contribution in [0.1, 0.15) is 45.4 Å². The largest absolute Gasteiger partial charge is 0.374 e. The van der Waals surface area contributed by atoms with Gasteiger partial charge in [-0.3, -0.25) is 4.79 Å². The molecule has 1 N–H and O–H groups in total. The van der Waals surface area contributed by atoms with Gasteiger partial charge in [0.15, 0.2) is 0 Å². The minimum atomic E-state index is -0.0658. The normalized spacial score (nSPS) is 41.4. The fraction of sp³-hybridized carbons (Fsp3) is 0.938. The lowest BCUT2D eigenvalue weighted by atomic mass is 9.70. The zero-order chi connectivity index (χ0) is 14.1. The smallest absolute Gasteiger partial charge is 0.143 e. The molecule has 3 aliphatic rings. The lowest BCUT2D eigenvalue weighted by Gasteiger charge is -2.40. The molecule has 3 fully saturated rings. The number of hydrogen-bond acceptors (Lipinski definition) is 4. The molecule has 3 heterocycles. The van der Waals surface area contributed by atoms with E-state index in [1.54, 1.807) is 0 Å². The molecule has 0 amide bonds. The maximum atomic E-state index is 13.1. The van der Waals surface area contributed by atoms with Crippen LogP contribution >= 0.6 is 11.8 Å². The predicted octanol–water partition coefficient (Wildman–Crippen LogP) is 2.64. The Morgan fingerprint density at radius 3 is 3.00 bits per heavy atom. The number of rotatable bonds is 4. The summed E-state index contributed by atoms with van der Waals surface area (Å²) in [5.74, 6) is 3.08. The van der Waals surface area contributed by atoms with Gasteiger partial charge in [0, 0.05) is 30.2 Å². The third kappa shape index (κ3) is 2.67. The lowest BCUT2D eigenvalue weighted by molar-refractivity contribution is -0.143. The fourth-order valence-corrected chi connectivity index (χ4v) is 5.70. The third-order valence-electron chi connectivity index (χ3n) is 5.43. The van der Waals surface area contributed by atoms with Crippen molar-refractivity contribution < 1.29 is 9.53 Å². The second kappa shape index (κ2) is 5.98. The summed E-state index contributed by atoms with van der Waals surface area (Å²) < 4.78 is 6.07. The fourth-order valence-electron chi connectivity index (χ4n) is 4.32. The van der Waals surface area contributed by atoms with Crippen molar-refractivity contribution in [1.29, 1.82) is 0 Å². The van der Waals surface area contributed by atoms with Gasteiger partial charge in [-0.2, -0.15) is 11.8 Å². The molecule has 3 aliphatic heterocycles. The molecule has 0 aromatic carbocycles. The molecule has 1 spiro atoms. The van der Waals surface area contributed by atoms with Crippen molar-refractivity contribution in [2.24, 2.45) is 11.3 Å². The average molecular weight is 297 g/mol. The number of thioether (sulfide) groups is 1. The van der Waals surface area contributed by atoms with Gasteiger partial charge in [-0.15, -0.1) is 0 Å². The monoisotopic (exact) mass is 297 g/mol. The van der Waals surface area contributed by atoms with E-state index in [-0.39, 0.29) is 16.9 Å². The molecule has 3 nitrogen and oxygen atoms in total. The summed E-state index contributed by atoms with van der Waals surface area (Å²) in [6, 6.07) is 0. The van der Waals surface area contributed by atoms with Crippen LogP contribution in [0.15, 0.2) is 0 Å². The van der Waals surface area contributed by atoms with E-state index in [1.165, 1.54) is 5.75 Å². The highest BCUT2D eigenvalue weighted by atomic mass is 32.2. The minimum absolute atomic E-state index is 0.0304. The molecular weight excluding hydrogens is 270 g/mol. The maximum absolute atomic E-state index is 13.1. The van der Waals surface area contributed by atoms with Crippen LogP contribution < -0.4 is 5.32 Å². The first kappa shape index (κ1) is 14.9. The quantitative estimate of drug-likeness (QED) is 0.866. The average Bonchev–Trinajstić information content (AvgIpc) is 3.10. The van der Waals surface area contributed by atoms with E-state index in [0.717, 1.165) is 64.0 Å². The van der Waals surface area contributed by atoms with Crippen LogP contribution in [-0.4, -0.2) is 42.6 Å². The van der Waals surface area contributed by atoms with E-state index in [0.29, 0.717) is 5.78 Å². The highest BCUT2D eigenvalue weighted by Crippen LogP contribution is 2.44. The Morgan fingerprint density at radius 2 is 2.35 bits per heavy atom. The van der Waals surface area contributed by atoms with Crippen molar-refractivity contribution >= 4 is 17.5 Å². The van der Waals surface area contributed by atoms with E-state index in [2.05, 4.69) is 12.2 Å². The number of carbonyl (C=O) groups excluding carboxylic acids is 1. The van der Waals surface area contributed by atoms with Crippen LogP contribution in [0.4, 0.5) is 0 Å². The lowest BCUT2D eigenvalue weighted by Crippen LogP contribution is -2.46. The summed E-state index contributed by atoms with van der Waals surface area (Å²) >= 11 is 1.99. The molecule has 0 radical (unpaired) electrons. The third-order valence-corrected chi connectivity index (χ3v) is 6.65. The van der Waals surface area contributed by atoms with Crippen molar-refractivity contribution in [3.05, 3.63) is 0 Å². The Morgan fingerprint density at radius 1 is 1.45 bits per heavy atom. The van der Waals surface area contributed by atoms with Crippen molar-refractivity contribution in [3.63, 3.8) is 0 Å². The molecule has 3 saturated heterocycles. The maximum Gasteiger partial charge on any atom is 0.143 e. The van der Waals surface area contributed by atoms with Gasteiger partial charge in [-0.05, 0) is 44.4 Å². The molecule has 20 heavy (non-hydrogen) atoms. The number of ketones is 1. The van der Waals surface area contributed by atoms with Gasteiger partial charge in [0.1, 0.15) is 5.78 Å². The predicted molar refractivity (Wildman–Crippen MR) is 83.2 cm³/mol. The first-order valence-electron chi connectivity index (χ1n) is 8.16. The molecule has 0 bridgehead atoms. The number of ether oxygens (including phenoxy) is 1. The minimum Gasteiger partial charge on any atom is -0.374 e. The van der Waals surface area contributed by atoms with Gasteiger partial charge in [-0.25, -0.2) is 0 Å². The van der Waals surface area contributed by atoms with Crippen LogP contribution in [0.3, 0.4) is 0 Å². The molecular formula is C16H27NO2S. The van der Waals surface area contributed by atoms with Gasteiger partial charge in [0.2, 0.25) is 0 Å². The Kier molecular flexibility index (Phi) is 4.44. The zero-order valence-electron chi connectivity index (χ0n) is 12.6. The second-order valence-corrected chi connectivity index (χ2v) is 7.95. The van der Waals surface area contributed by atoms with E-state index in [1.807, 2.05) is 11.8 Å². The first-order chi connectivity index (χ1) is 9.70. The molecule has 0 aromatic rings. The SMILES string of the molecule is CCCC1(C(=O)C2CCOC3(CCSC3)C2)CCNC1. The molecule has 3 unspecified atom stereocenters. The van der Waals surface area contributed by atoms with Crippen LogP contribution in [0, 0.1) is 11.3 Å². The Bertz CT molecular complexity index is 359. The summed E-state index contributed by atoms with van der Waals surface area (Å²) in [5, 5.41) is 3.42. The topological polar surface area (TPSA) is 38.3 Å². The van der Waals surface area contributed by atoms with Crippen LogP contribution in [-0.2, 0) is 9.53 Å². The molecule has 0 aliphatic carbocycles. The number of Topliss-reactive ketones (excluding diaryl/α,β-unsaturated/α-hetero) is 1. The van der Waals surface area contributed by atoms with Crippen LogP contribution in [0.25, 0.3) is 0 Å². The standard InChI is InChI=1S/C16H27NO2S/c1-2-4-15(5-7-17-11-15)14(18)13-3-8-19-16(10-13)6-9-20-12-16/h13,17H,2-12H2,1H3. The van der Waals surface area contributed by atoms with Crippen molar-refractivity contribution in [2.75, 3.05) is 31.2 Å². The van der Waals surface area contributed by atoms with Gasteiger partial charge in [0.25, 0.3) is 0 Å². The molecule has 0 aromatic heterocycles. The summed E-state index contributed by atoms with van der Waals surface area (Å²) in [6.45, 7) is 4.90. The van der Waals surface area contributed by atoms with E-state index in [4.69, 9.17) is 4.74 Å². The summed E-state index contributed by atoms with van der Waals surface area (Å²) in [7, 11) is 0. The molecule has 3 atom stereocenters. The second-order valence-electron chi connectivity index (χ2n) is 6.85. The Hall–Kier alpha value is -0.0600. The summed E-state index contributed by atoms with van der Waals surface area (Å²) in [4.78, 5) is 13.1. The highest BCUT2D eigenvalue weighted by molar-refractivity contribution is 7.99. The van der Waals surface area contributed by atoms with Gasteiger partial charge in [-0.1, -0.05) is 13.3 Å². The van der Waals surface area contributed by atoms with Gasteiger partial charge >= 0.3 is 0 Å². The van der Waals surface area contributed by atoms with Crippen molar-refractivity contribution in [2.45, 2.75) is 51.0 Å². The first-order valence-corrected chi connectivity index (χ1v) is 9.32. The van der Waals surface area contributed by atoms with Crippen LogP contribution in [0.2, 0.25) is 0 Å². The van der Waals surface area contributed by atoms with Gasteiger partial charge < -0.3 is 10.1 Å². The van der Waals surface area contributed by atoms with Gasteiger partial charge in [0.05, 0.1) is 5.60 Å². The highest BCUT2D eigenvalue weighted by Gasteiger charge is 2.48. The Labute approximate surface area is 126 Å². The molecule has 0 saturated carbocycles. The molecule has 114 valence electrons. The van der Waals surface area contributed by atoms with Crippen LogP contribution in [0.5, 0.6) is 0 Å². The Balaban J connectivity index is 1.72. The van der Waals surface area contributed by atoms with E-state index < -0.39 is 0 Å². The van der Waals surface area contributed by atoms with Crippen molar-refractivity contribution in [1.82, 2.24) is 5.32 Å². The van der Waals surface area contributed by atoms with E-state index >= 15 is 0 Å². The summed E-state index contributed by atoms with van der Waals surface area (Å²) in [5.41, 5.74) is -0.0353. The molecule has 4 heteroatoms. The number of nitrogens with one attached hydrogen (secondary N) is 1. The van der Waals surface area contributed by atoms with Crippen molar-refractivity contribution in [3.8, 4) is 0 Å². The number of carbonyl (C=O) groups is 1. The van der Waals surface area contributed by atoms with E-state index in [9.17, 15) is 4.79 Å². The summed E-state index contributed by atoms with van der Waals surface area (Å²) in [6.07, 6.45) is 6.26.